The summed E-state index contributed by atoms with van der Waals surface area (Å²) in [6, 6.07) is 0. The molecule has 0 saturated carbocycles. The minimum absolute atomic E-state index is 0.124. The summed E-state index contributed by atoms with van der Waals surface area (Å²) in [6.45, 7) is 5.67. The first-order valence-electron chi connectivity index (χ1n) is 13.5. The van der Waals surface area contributed by atoms with Crippen LogP contribution in [0.25, 0.3) is 0 Å². The third-order valence-electron chi connectivity index (χ3n) is 6.47. The van der Waals surface area contributed by atoms with Crippen molar-refractivity contribution in [2.45, 2.75) is 154 Å². The number of carbonyl (C=O) groups excluding carboxylic acids is 1. The topological polar surface area (TPSA) is 143 Å². The van der Waals surface area contributed by atoms with E-state index < -0.39 is 54.9 Å². The zero-order valence-electron chi connectivity index (χ0n) is 21.8. The average molecular weight is 505 g/mol. The number of rotatable bonds is 19. The zero-order chi connectivity index (χ0) is 26.2. The lowest BCUT2D eigenvalue weighted by molar-refractivity contribution is -0.304. The van der Waals surface area contributed by atoms with Crippen LogP contribution in [0.4, 0.5) is 0 Å². The lowest BCUT2D eigenvalue weighted by Gasteiger charge is -2.40. The second-order valence-corrected chi connectivity index (χ2v) is 9.76. The van der Waals surface area contributed by atoms with Gasteiger partial charge in [0.1, 0.15) is 24.4 Å². The number of carboxylic acid groups (broad SMARTS) is 1. The van der Waals surface area contributed by atoms with Gasteiger partial charge in [-0.15, -0.1) is 0 Å². The van der Waals surface area contributed by atoms with Crippen LogP contribution in [0.1, 0.15) is 111 Å². The van der Waals surface area contributed by atoms with E-state index >= 15 is 0 Å². The van der Waals surface area contributed by atoms with Crippen LogP contribution in [0, 0.1) is 0 Å². The smallest absolute Gasteiger partial charge is 0.308 e. The Kier molecular flexibility index (Phi) is 16.4. The molecule has 7 atom stereocenters. The van der Waals surface area contributed by atoms with Gasteiger partial charge in [-0.25, -0.2) is 0 Å². The van der Waals surface area contributed by atoms with Gasteiger partial charge in [0.25, 0.3) is 0 Å². The highest BCUT2D eigenvalue weighted by Crippen LogP contribution is 2.25. The zero-order valence-corrected chi connectivity index (χ0v) is 21.8. The van der Waals surface area contributed by atoms with Gasteiger partial charge in [-0.05, 0) is 26.2 Å². The van der Waals surface area contributed by atoms with E-state index in [1.807, 2.05) is 6.92 Å². The molecule has 0 aromatic heterocycles. The second kappa shape index (κ2) is 18.1. The van der Waals surface area contributed by atoms with Crippen molar-refractivity contribution in [1.29, 1.82) is 0 Å². The number of aliphatic carboxylic acids is 1. The Labute approximate surface area is 210 Å². The summed E-state index contributed by atoms with van der Waals surface area (Å²) in [5.41, 5.74) is 0. The number of aliphatic hydroxyl groups is 3. The van der Waals surface area contributed by atoms with Gasteiger partial charge in [0.05, 0.1) is 25.0 Å². The summed E-state index contributed by atoms with van der Waals surface area (Å²) in [6.07, 6.45) is 4.24. The van der Waals surface area contributed by atoms with Gasteiger partial charge in [-0.1, -0.05) is 71.6 Å². The molecule has 1 saturated heterocycles. The first-order chi connectivity index (χ1) is 16.7. The standard InChI is InChI=1S/C26H48O9/c1-4-6-7-8-9-10-11-12-13-15-20(16-21(27)28)34-22(29)17-19(14-5-2)35-26-25(32)24(31)23(30)18(3)33-26/h18-20,23-26,30-32H,4-17H2,1-3H3,(H,27,28)/t18?,19?,20?,23-,24-,25?,26-/m0/s1. The molecule has 0 radical (unpaired) electrons. The molecule has 4 unspecified atom stereocenters. The molecule has 0 aliphatic carbocycles. The monoisotopic (exact) mass is 504 g/mol. The number of esters is 1. The van der Waals surface area contributed by atoms with Gasteiger partial charge >= 0.3 is 11.9 Å². The Morgan fingerprint density at radius 2 is 1.37 bits per heavy atom. The molecule has 0 aromatic rings. The molecule has 0 aromatic carbocycles. The quantitative estimate of drug-likeness (QED) is 0.153. The van der Waals surface area contributed by atoms with Crippen LogP contribution in [-0.4, -0.2) is 75.3 Å². The molecule has 9 heteroatoms. The van der Waals surface area contributed by atoms with Crippen LogP contribution in [0.3, 0.4) is 0 Å². The summed E-state index contributed by atoms with van der Waals surface area (Å²) in [5.74, 6) is -1.58. The minimum Gasteiger partial charge on any atom is -0.481 e. The van der Waals surface area contributed by atoms with Crippen molar-refractivity contribution in [2.24, 2.45) is 0 Å². The van der Waals surface area contributed by atoms with E-state index in [0.29, 0.717) is 19.3 Å². The number of unbranched alkanes of at least 4 members (excludes halogenated alkanes) is 8. The molecule has 1 aliphatic heterocycles. The van der Waals surface area contributed by atoms with E-state index in [0.717, 1.165) is 19.3 Å². The summed E-state index contributed by atoms with van der Waals surface area (Å²) in [4.78, 5) is 23.9. The van der Waals surface area contributed by atoms with Crippen LogP contribution in [0.15, 0.2) is 0 Å². The Hall–Kier alpha value is -1.26. The number of hydrogen-bond donors (Lipinski definition) is 4. The molecule has 0 amide bonds. The Morgan fingerprint density at radius 1 is 0.771 bits per heavy atom. The van der Waals surface area contributed by atoms with Crippen molar-refractivity contribution in [1.82, 2.24) is 0 Å². The summed E-state index contributed by atoms with van der Waals surface area (Å²) in [7, 11) is 0. The van der Waals surface area contributed by atoms with Crippen molar-refractivity contribution in [3.8, 4) is 0 Å². The largest absolute Gasteiger partial charge is 0.481 e. The molecular weight excluding hydrogens is 456 g/mol. The van der Waals surface area contributed by atoms with E-state index in [2.05, 4.69) is 6.92 Å². The van der Waals surface area contributed by atoms with E-state index in [4.69, 9.17) is 14.2 Å². The van der Waals surface area contributed by atoms with Gasteiger partial charge < -0.3 is 34.6 Å². The molecule has 1 aliphatic rings. The van der Waals surface area contributed by atoms with Crippen molar-refractivity contribution >= 4 is 11.9 Å². The van der Waals surface area contributed by atoms with Gasteiger partial charge in [0.15, 0.2) is 6.29 Å². The van der Waals surface area contributed by atoms with Crippen LogP contribution < -0.4 is 0 Å². The second-order valence-electron chi connectivity index (χ2n) is 9.76. The molecule has 206 valence electrons. The third kappa shape index (κ3) is 13.0. The van der Waals surface area contributed by atoms with Crippen molar-refractivity contribution in [3.05, 3.63) is 0 Å². The Bertz CT molecular complexity index is 585. The fraction of sp³-hybridized carbons (Fsp3) is 0.923. The molecule has 0 bridgehead atoms. The number of aliphatic hydroxyl groups excluding tert-OH is 3. The summed E-state index contributed by atoms with van der Waals surface area (Å²) in [5, 5.41) is 39.2. The fourth-order valence-electron chi connectivity index (χ4n) is 4.36. The SMILES string of the molecule is CCCCCCCCCCCC(CC(=O)O)OC(=O)CC(CCC)O[C@@H]1OC(C)[C@H](O)[C@H](O)C1O. The predicted octanol–water partition coefficient (Wildman–Crippen LogP) is 3.70. The molecule has 4 N–H and O–H groups in total. The maximum atomic E-state index is 12.6. The molecule has 1 rings (SSSR count). The van der Waals surface area contributed by atoms with Crippen LogP contribution >= 0.6 is 0 Å². The molecule has 9 nitrogen and oxygen atoms in total. The normalized spacial score (nSPS) is 26.3. The van der Waals surface area contributed by atoms with Crippen molar-refractivity contribution < 1.29 is 44.2 Å². The van der Waals surface area contributed by atoms with Gasteiger partial charge in [-0.2, -0.15) is 0 Å². The van der Waals surface area contributed by atoms with Crippen LogP contribution in [0.5, 0.6) is 0 Å². The molecule has 35 heavy (non-hydrogen) atoms. The van der Waals surface area contributed by atoms with Crippen molar-refractivity contribution in [2.75, 3.05) is 0 Å². The van der Waals surface area contributed by atoms with Crippen LogP contribution in [-0.2, 0) is 23.8 Å². The number of ether oxygens (including phenoxy) is 3. The van der Waals surface area contributed by atoms with Gasteiger partial charge in [0, 0.05) is 0 Å². The lowest BCUT2D eigenvalue weighted by Crippen LogP contribution is -2.58. The fourth-order valence-corrected chi connectivity index (χ4v) is 4.36. The van der Waals surface area contributed by atoms with E-state index in [1.165, 1.54) is 38.5 Å². The lowest BCUT2D eigenvalue weighted by atomic mass is 10.00. The van der Waals surface area contributed by atoms with E-state index in [1.54, 1.807) is 6.92 Å². The molecular formula is C26H48O9. The van der Waals surface area contributed by atoms with E-state index in [-0.39, 0.29) is 12.8 Å². The third-order valence-corrected chi connectivity index (χ3v) is 6.47. The van der Waals surface area contributed by atoms with Crippen LogP contribution in [0.2, 0.25) is 0 Å². The minimum atomic E-state index is -1.46. The first kappa shape index (κ1) is 31.8. The van der Waals surface area contributed by atoms with Crippen molar-refractivity contribution in [3.63, 3.8) is 0 Å². The molecule has 1 heterocycles. The van der Waals surface area contributed by atoms with Gasteiger partial charge in [0.2, 0.25) is 0 Å². The molecule has 0 spiro atoms. The highest BCUT2D eigenvalue weighted by Gasteiger charge is 2.43. The molecule has 1 fully saturated rings. The summed E-state index contributed by atoms with van der Waals surface area (Å²) >= 11 is 0. The highest BCUT2D eigenvalue weighted by molar-refractivity contribution is 5.72. The van der Waals surface area contributed by atoms with Gasteiger partial charge in [-0.3, -0.25) is 9.59 Å². The maximum Gasteiger partial charge on any atom is 0.308 e. The number of hydrogen-bond acceptors (Lipinski definition) is 8. The predicted molar refractivity (Wildman–Crippen MR) is 131 cm³/mol. The Balaban J connectivity index is 2.49. The average Bonchev–Trinajstić information content (AvgIpc) is 2.79. The Morgan fingerprint density at radius 3 is 1.94 bits per heavy atom. The maximum absolute atomic E-state index is 12.6. The highest BCUT2D eigenvalue weighted by atomic mass is 16.7. The first-order valence-corrected chi connectivity index (χ1v) is 13.5. The van der Waals surface area contributed by atoms with E-state index in [9.17, 15) is 30.0 Å². The summed E-state index contributed by atoms with van der Waals surface area (Å²) < 4.78 is 16.7. The number of carboxylic acids is 1. The number of carbonyl (C=O) groups is 2.